The van der Waals surface area contributed by atoms with Crippen molar-refractivity contribution in [1.82, 2.24) is 9.88 Å². The second kappa shape index (κ2) is 9.80. The largest absolute Gasteiger partial charge is 0.326 e. The third-order valence-corrected chi connectivity index (χ3v) is 7.16. The van der Waals surface area contributed by atoms with Crippen molar-refractivity contribution in [3.05, 3.63) is 67.0 Å². The fourth-order valence-corrected chi connectivity index (χ4v) is 5.19. The number of sulfone groups is 1. The lowest BCUT2D eigenvalue weighted by Gasteiger charge is -2.32. The molecule has 1 atom stereocenters. The van der Waals surface area contributed by atoms with Crippen molar-refractivity contribution in [3.63, 3.8) is 0 Å². The first kappa shape index (κ1) is 21.2. The van der Waals surface area contributed by atoms with Crippen LogP contribution in [0.5, 0.6) is 0 Å². The first-order chi connectivity index (χ1) is 14.0. The maximum atomic E-state index is 13.0. The van der Waals surface area contributed by atoms with Crippen LogP contribution >= 0.6 is 0 Å². The molecule has 3 rings (SSSR count). The molecule has 0 bridgehead atoms. The number of likely N-dealkylation sites (tertiary alicyclic amines) is 1. The normalized spacial score (nSPS) is 16.1. The number of nitrogens with one attached hydrogen (secondary N) is 1. The van der Waals surface area contributed by atoms with Gasteiger partial charge in [0.1, 0.15) is 5.37 Å². The summed E-state index contributed by atoms with van der Waals surface area (Å²) in [6.07, 6.45) is 9.02. The highest BCUT2D eigenvalue weighted by Crippen LogP contribution is 2.24. The van der Waals surface area contributed by atoms with E-state index in [4.69, 9.17) is 0 Å². The van der Waals surface area contributed by atoms with E-state index < -0.39 is 15.2 Å². The number of rotatable bonds is 8. The van der Waals surface area contributed by atoms with Gasteiger partial charge in [-0.25, -0.2) is 8.42 Å². The highest BCUT2D eigenvalue weighted by molar-refractivity contribution is 7.92. The molecule has 1 aliphatic rings. The van der Waals surface area contributed by atoms with Gasteiger partial charge in [0, 0.05) is 24.5 Å². The van der Waals surface area contributed by atoms with Crippen molar-refractivity contribution < 1.29 is 13.2 Å². The summed E-state index contributed by atoms with van der Waals surface area (Å²) in [4.78, 5) is 18.4. The van der Waals surface area contributed by atoms with Crippen LogP contribution < -0.4 is 5.32 Å². The first-order valence-electron chi connectivity index (χ1n) is 9.90. The molecule has 6 nitrogen and oxygen atoms in total. The number of benzene rings is 1. The molecule has 1 aromatic carbocycles. The Morgan fingerprint density at radius 3 is 2.52 bits per heavy atom. The Kier molecular flexibility index (Phi) is 7.17. The van der Waals surface area contributed by atoms with Crippen molar-refractivity contribution >= 4 is 21.4 Å². The summed E-state index contributed by atoms with van der Waals surface area (Å²) < 4.78 is 26.1. The average Bonchev–Trinajstić information content (AvgIpc) is 2.74. The standard InChI is InChI=1S/C22H27N3O3S/c1-2-22(25-15-4-3-5-16-25)29(27,28)20-11-9-19(10-12-20)24-21(26)13-8-18-7-6-14-23-17-18/h2,6-7,9-12,14,17,22H,1,3-5,8,13,15-16H2,(H,24,26). The van der Waals surface area contributed by atoms with Crippen LogP contribution in [0.15, 0.2) is 66.3 Å². The Balaban J connectivity index is 1.62. The number of aromatic nitrogens is 1. The Hall–Kier alpha value is -2.51. The van der Waals surface area contributed by atoms with Gasteiger partial charge >= 0.3 is 0 Å². The van der Waals surface area contributed by atoms with Crippen LogP contribution in [0.4, 0.5) is 5.69 Å². The molecule has 154 valence electrons. The molecule has 1 N–H and O–H groups in total. The Labute approximate surface area is 172 Å². The zero-order valence-corrected chi connectivity index (χ0v) is 17.3. The Morgan fingerprint density at radius 2 is 1.90 bits per heavy atom. The minimum absolute atomic E-state index is 0.123. The molecule has 7 heteroatoms. The van der Waals surface area contributed by atoms with Gasteiger partial charge in [-0.15, -0.1) is 6.58 Å². The lowest BCUT2D eigenvalue weighted by Crippen LogP contribution is -2.42. The van der Waals surface area contributed by atoms with Gasteiger partial charge in [0.05, 0.1) is 4.90 Å². The summed E-state index contributed by atoms with van der Waals surface area (Å²) in [6, 6.07) is 10.1. The van der Waals surface area contributed by atoms with Crippen LogP contribution in [0.1, 0.15) is 31.2 Å². The molecule has 1 aromatic heterocycles. The van der Waals surface area contributed by atoms with Crippen molar-refractivity contribution in [2.75, 3.05) is 18.4 Å². The Morgan fingerprint density at radius 1 is 1.17 bits per heavy atom. The van der Waals surface area contributed by atoms with Gasteiger partial charge in [0.15, 0.2) is 9.84 Å². The third-order valence-electron chi connectivity index (χ3n) is 5.10. The summed E-state index contributed by atoms with van der Waals surface area (Å²) >= 11 is 0. The molecule has 1 saturated heterocycles. The third kappa shape index (κ3) is 5.52. The van der Waals surface area contributed by atoms with E-state index in [-0.39, 0.29) is 10.8 Å². The fraction of sp³-hybridized carbons (Fsp3) is 0.364. The van der Waals surface area contributed by atoms with Crippen molar-refractivity contribution in [2.45, 2.75) is 42.4 Å². The lowest BCUT2D eigenvalue weighted by molar-refractivity contribution is -0.116. The van der Waals surface area contributed by atoms with Gasteiger partial charge in [-0.2, -0.15) is 0 Å². The number of piperidine rings is 1. The average molecular weight is 414 g/mol. The lowest BCUT2D eigenvalue weighted by atomic mass is 10.1. The topological polar surface area (TPSA) is 79.4 Å². The van der Waals surface area contributed by atoms with Crippen LogP contribution in [0.3, 0.4) is 0 Å². The number of hydrogen-bond donors (Lipinski definition) is 1. The van der Waals surface area contributed by atoms with E-state index >= 15 is 0 Å². The molecule has 1 fully saturated rings. The zero-order chi connectivity index (χ0) is 20.7. The molecule has 29 heavy (non-hydrogen) atoms. The number of carbonyl (C=O) groups is 1. The quantitative estimate of drug-likeness (QED) is 0.671. The number of nitrogens with zero attached hydrogens (tertiary/aromatic N) is 2. The van der Waals surface area contributed by atoms with E-state index in [1.807, 2.05) is 17.0 Å². The smallest absolute Gasteiger partial charge is 0.224 e. The number of carbonyl (C=O) groups excluding carboxylic acids is 1. The highest BCUT2D eigenvalue weighted by atomic mass is 32.2. The monoisotopic (exact) mass is 413 g/mol. The van der Waals surface area contributed by atoms with E-state index in [1.165, 1.54) is 6.08 Å². The van der Waals surface area contributed by atoms with Crippen molar-refractivity contribution in [1.29, 1.82) is 0 Å². The molecular weight excluding hydrogens is 386 g/mol. The second-order valence-electron chi connectivity index (χ2n) is 7.20. The van der Waals surface area contributed by atoms with Gasteiger partial charge < -0.3 is 5.32 Å². The number of pyridine rings is 1. The molecule has 0 aliphatic carbocycles. The maximum absolute atomic E-state index is 13.0. The predicted octanol–water partition coefficient (Wildman–Crippen LogP) is 3.42. The van der Waals surface area contributed by atoms with Gasteiger partial charge in [-0.3, -0.25) is 14.7 Å². The molecule has 0 radical (unpaired) electrons. The van der Waals surface area contributed by atoms with E-state index in [1.54, 1.807) is 36.7 Å². The van der Waals surface area contributed by atoms with Crippen LogP contribution in [0, 0.1) is 0 Å². The minimum atomic E-state index is -3.55. The summed E-state index contributed by atoms with van der Waals surface area (Å²) in [5, 5.41) is 2.09. The molecule has 0 saturated carbocycles. The SMILES string of the molecule is C=CC(N1CCCCC1)S(=O)(=O)c1ccc(NC(=O)CCc2cccnc2)cc1. The maximum Gasteiger partial charge on any atom is 0.224 e. The van der Waals surface area contributed by atoms with Crippen LogP contribution in [0.25, 0.3) is 0 Å². The molecule has 0 spiro atoms. The van der Waals surface area contributed by atoms with Crippen molar-refractivity contribution in [2.24, 2.45) is 0 Å². The number of amides is 1. The van der Waals surface area contributed by atoms with E-state index in [0.717, 1.165) is 37.9 Å². The molecule has 1 amide bonds. The second-order valence-corrected chi connectivity index (χ2v) is 9.25. The van der Waals surface area contributed by atoms with Gasteiger partial charge in [-0.05, 0) is 68.2 Å². The predicted molar refractivity (Wildman–Crippen MR) is 114 cm³/mol. The summed E-state index contributed by atoms with van der Waals surface area (Å²) in [7, 11) is -3.55. The molecule has 1 unspecified atom stereocenters. The van der Waals surface area contributed by atoms with Crippen LogP contribution in [-0.2, 0) is 21.1 Å². The van der Waals surface area contributed by atoms with Gasteiger partial charge in [-0.1, -0.05) is 18.6 Å². The van der Waals surface area contributed by atoms with Gasteiger partial charge in [0.25, 0.3) is 0 Å². The van der Waals surface area contributed by atoms with Crippen LogP contribution in [0.2, 0.25) is 0 Å². The minimum Gasteiger partial charge on any atom is -0.326 e. The Bertz CT molecular complexity index is 922. The zero-order valence-electron chi connectivity index (χ0n) is 16.5. The summed E-state index contributed by atoms with van der Waals surface area (Å²) in [6.45, 7) is 5.28. The first-order valence-corrected chi connectivity index (χ1v) is 11.4. The molecular formula is C22H27N3O3S. The molecule has 2 aromatic rings. The van der Waals surface area contributed by atoms with Crippen molar-refractivity contribution in [3.8, 4) is 0 Å². The van der Waals surface area contributed by atoms with Gasteiger partial charge in [0.2, 0.25) is 5.91 Å². The summed E-state index contributed by atoms with van der Waals surface area (Å²) in [5.41, 5.74) is 1.57. The van der Waals surface area contributed by atoms with E-state index in [2.05, 4.69) is 16.9 Å². The van der Waals surface area contributed by atoms with E-state index in [9.17, 15) is 13.2 Å². The number of hydrogen-bond acceptors (Lipinski definition) is 5. The summed E-state index contributed by atoms with van der Waals surface area (Å²) in [5.74, 6) is -0.123. The number of anilines is 1. The molecule has 2 heterocycles. The highest BCUT2D eigenvalue weighted by Gasteiger charge is 2.31. The van der Waals surface area contributed by atoms with E-state index in [0.29, 0.717) is 18.5 Å². The fourth-order valence-electron chi connectivity index (χ4n) is 3.54. The molecule has 1 aliphatic heterocycles. The van der Waals surface area contributed by atoms with Crippen LogP contribution in [-0.4, -0.2) is 42.7 Å². The number of aryl methyl sites for hydroxylation is 1.